The lowest BCUT2D eigenvalue weighted by Crippen LogP contribution is -2.29. The molecule has 0 saturated heterocycles. The van der Waals surface area contributed by atoms with Crippen LogP contribution in [-0.4, -0.2) is 31.5 Å². The van der Waals surface area contributed by atoms with Crippen molar-refractivity contribution >= 4 is 34.7 Å². The lowest BCUT2D eigenvalue weighted by molar-refractivity contribution is -0.122. The third-order valence-electron chi connectivity index (χ3n) is 6.53. The molecule has 10 heteroatoms. The Balaban J connectivity index is 1.54. The Bertz CT molecular complexity index is 1130. The van der Waals surface area contributed by atoms with Crippen LogP contribution in [0.25, 0.3) is 11.2 Å². The van der Waals surface area contributed by atoms with Crippen molar-refractivity contribution < 1.29 is 13.6 Å². The molecule has 2 aliphatic carbocycles. The van der Waals surface area contributed by atoms with Crippen LogP contribution < -0.4 is 16.4 Å². The van der Waals surface area contributed by atoms with Crippen molar-refractivity contribution in [1.82, 2.24) is 19.5 Å². The number of imidazole rings is 1. The zero-order chi connectivity index (χ0) is 22.2. The second-order valence-electron chi connectivity index (χ2n) is 8.61. The highest BCUT2D eigenvalue weighted by Gasteiger charge is 2.30. The fraction of sp³-hybridized carbons (Fsp3) is 0.455. The van der Waals surface area contributed by atoms with Crippen LogP contribution in [0.1, 0.15) is 51.0 Å². The highest BCUT2D eigenvalue weighted by molar-refractivity contribution is 5.78. The maximum atomic E-state index is 14.3. The summed E-state index contributed by atoms with van der Waals surface area (Å²) in [6, 6.07) is 4.01. The zero-order valence-corrected chi connectivity index (χ0v) is 17.5. The first-order valence-electron chi connectivity index (χ1n) is 11.0. The molecule has 3 aromatic rings. The third-order valence-corrected chi connectivity index (χ3v) is 6.53. The van der Waals surface area contributed by atoms with E-state index < -0.39 is 11.6 Å². The van der Waals surface area contributed by atoms with Gasteiger partial charge in [0.2, 0.25) is 17.8 Å². The summed E-state index contributed by atoms with van der Waals surface area (Å²) in [6.45, 7) is 0. The van der Waals surface area contributed by atoms with Gasteiger partial charge in [0.1, 0.15) is 22.8 Å². The second kappa shape index (κ2) is 8.33. The molecule has 168 valence electrons. The maximum Gasteiger partial charge on any atom is 0.224 e. The van der Waals surface area contributed by atoms with Crippen LogP contribution in [0.2, 0.25) is 0 Å². The molecule has 2 heterocycles. The number of amides is 1. The summed E-state index contributed by atoms with van der Waals surface area (Å²) in [6.07, 6.45) is 7.62. The number of primary amides is 1. The summed E-state index contributed by atoms with van der Waals surface area (Å²) < 4.78 is 30.5. The number of para-hydroxylation sites is 1. The number of carbonyl (C=O) groups is 1. The molecule has 0 radical (unpaired) electrons. The number of fused-ring (bicyclic) bond motifs is 1. The maximum absolute atomic E-state index is 14.3. The van der Waals surface area contributed by atoms with Crippen LogP contribution in [0.4, 0.5) is 26.4 Å². The van der Waals surface area contributed by atoms with Gasteiger partial charge < -0.3 is 16.4 Å². The summed E-state index contributed by atoms with van der Waals surface area (Å²) in [5, 5.41) is 6.17. The van der Waals surface area contributed by atoms with E-state index in [-0.39, 0.29) is 23.6 Å². The van der Waals surface area contributed by atoms with Gasteiger partial charge in [0.05, 0.1) is 6.20 Å². The Morgan fingerprint density at radius 1 is 1.06 bits per heavy atom. The van der Waals surface area contributed by atoms with Crippen molar-refractivity contribution in [3.05, 3.63) is 36.0 Å². The van der Waals surface area contributed by atoms with Gasteiger partial charge in [-0.3, -0.25) is 9.36 Å². The van der Waals surface area contributed by atoms with Crippen LogP contribution >= 0.6 is 0 Å². The number of hydrogen-bond donors (Lipinski definition) is 3. The third kappa shape index (κ3) is 3.85. The van der Waals surface area contributed by atoms with Gasteiger partial charge in [0, 0.05) is 18.0 Å². The van der Waals surface area contributed by atoms with E-state index in [2.05, 4.69) is 20.6 Å². The van der Waals surface area contributed by atoms with E-state index in [1.807, 2.05) is 4.57 Å². The fourth-order valence-electron chi connectivity index (χ4n) is 4.48. The molecule has 0 bridgehead atoms. The quantitative estimate of drug-likeness (QED) is 0.533. The first-order chi connectivity index (χ1) is 15.5. The monoisotopic (exact) mass is 441 g/mol. The molecular weight excluding hydrogens is 416 g/mol. The lowest BCUT2D eigenvalue weighted by Gasteiger charge is -2.29. The molecule has 0 atom stereocenters. The number of carbonyl (C=O) groups excluding carboxylic acids is 1. The normalized spacial score (nSPS) is 21.3. The Morgan fingerprint density at radius 3 is 2.41 bits per heavy atom. The highest BCUT2D eigenvalue weighted by atomic mass is 19.1. The number of aromatic nitrogens is 4. The average Bonchev–Trinajstić information content (AvgIpc) is 3.11. The molecule has 2 saturated carbocycles. The van der Waals surface area contributed by atoms with Crippen molar-refractivity contribution in [1.29, 1.82) is 0 Å². The van der Waals surface area contributed by atoms with Gasteiger partial charge in [0.25, 0.3) is 0 Å². The van der Waals surface area contributed by atoms with Crippen LogP contribution in [0, 0.1) is 17.6 Å². The van der Waals surface area contributed by atoms with Crippen molar-refractivity contribution in [2.75, 3.05) is 10.6 Å². The summed E-state index contributed by atoms with van der Waals surface area (Å²) in [5.41, 5.74) is 6.34. The molecular formula is C22H25F2N7O. The van der Waals surface area contributed by atoms with Gasteiger partial charge in [-0.1, -0.05) is 6.07 Å². The summed E-state index contributed by atoms with van der Waals surface area (Å²) in [7, 11) is 0. The Morgan fingerprint density at radius 2 is 1.78 bits per heavy atom. The van der Waals surface area contributed by atoms with Crippen LogP contribution in [0.15, 0.2) is 24.4 Å². The average molecular weight is 441 g/mol. The van der Waals surface area contributed by atoms with E-state index in [0.717, 1.165) is 12.8 Å². The number of nitrogens with one attached hydrogen (secondary N) is 2. The predicted octanol–water partition coefficient (Wildman–Crippen LogP) is 4.03. The summed E-state index contributed by atoms with van der Waals surface area (Å²) in [5.74, 6) is -1.06. The van der Waals surface area contributed by atoms with E-state index in [9.17, 15) is 13.6 Å². The van der Waals surface area contributed by atoms with Crippen LogP contribution in [0.3, 0.4) is 0 Å². The number of nitrogens with two attached hydrogens (primary N) is 1. The van der Waals surface area contributed by atoms with Gasteiger partial charge in [-0.25, -0.2) is 18.7 Å². The van der Waals surface area contributed by atoms with E-state index in [1.165, 1.54) is 24.6 Å². The summed E-state index contributed by atoms with van der Waals surface area (Å²) >= 11 is 0. The Labute approximate surface area is 183 Å². The van der Waals surface area contributed by atoms with Gasteiger partial charge in [-0.15, -0.1) is 0 Å². The zero-order valence-electron chi connectivity index (χ0n) is 17.5. The Hall–Kier alpha value is -3.30. The molecule has 2 aliphatic rings. The SMILES string of the molecule is NC(=O)[C@H]1CC[C@@H](n2c(Nc3c(F)cccc3F)nc3cnc(NC4CCC4)nc32)CC1. The standard InChI is InChI=1S/C22H25F2N7O/c23-15-5-2-6-16(24)18(15)29-22-28-17-11-26-21(27-13-3-1-4-13)30-20(17)31(22)14-9-7-12(8-10-14)19(25)32/h2,5-6,11-14H,1,3-4,7-10H2,(H2,25,32)(H,28,29)(H,26,27,30)/t12-,14+. The Kier molecular flexibility index (Phi) is 5.36. The first-order valence-corrected chi connectivity index (χ1v) is 11.0. The molecule has 1 aromatic carbocycles. The van der Waals surface area contributed by atoms with Gasteiger partial charge >= 0.3 is 0 Å². The van der Waals surface area contributed by atoms with Crippen molar-refractivity contribution in [2.24, 2.45) is 11.7 Å². The van der Waals surface area contributed by atoms with Crippen LogP contribution in [0.5, 0.6) is 0 Å². The minimum atomic E-state index is -0.709. The molecule has 2 fully saturated rings. The van der Waals surface area contributed by atoms with Gasteiger partial charge in [-0.2, -0.15) is 4.98 Å². The van der Waals surface area contributed by atoms with E-state index in [1.54, 1.807) is 6.20 Å². The molecule has 1 amide bonds. The molecule has 0 aliphatic heterocycles. The van der Waals surface area contributed by atoms with Crippen molar-refractivity contribution in [2.45, 2.75) is 57.0 Å². The highest BCUT2D eigenvalue weighted by Crippen LogP contribution is 2.37. The van der Waals surface area contributed by atoms with E-state index >= 15 is 0 Å². The molecule has 0 spiro atoms. The number of rotatable bonds is 6. The topological polar surface area (TPSA) is 111 Å². The van der Waals surface area contributed by atoms with Crippen molar-refractivity contribution in [3.63, 3.8) is 0 Å². The van der Waals surface area contributed by atoms with Gasteiger partial charge in [-0.05, 0) is 57.1 Å². The number of nitrogens with zero attached hydrogens (tertiary/aromatic N) is 4. The minimum Gasteiger partial charge on any atom is -0.369 e. The molecule has 0 unspecified atom stereocenters. The second-order valence-corrected chi connectivity index (χ2v) is 8.61. The lowest BCUT2D eigenvalue weighted by atomic mass is 9.85. The van der Waals surface area contributed by atoms with Crippen LogP contribution in [-0.2, 0) is 4.79 Å². The fourth-order valence-corrected chi connectivity index (χ4v) is 4.48. The molecule has 8 nitrogen and oxygen atoms in total. The number of benzene rings is 1. The first kappa shape index (κ1) is 20.6. The smallest absolute Gasteiger partial charge is 0.224 e. The number of halogens is 2. The number of anilines is 3. The van der Waals surface area contributed by atoms with E-state index in [0.29, 0.717) is 54.8 Å². The number of hydrogen-bond acceptors (Lipinski definition) is 6. The largest absolute Gasteiger partial charge is 0.369 e. The summed E-state index contributed by atoms with van der Waals surface area (Å²) in [4.78, 5) is 25.2. The molecule has 2 aromatic heterocycles. The molecule has 4 N–H and O–H groups in total. The van der Waals surface area contributed by atoms with Gasteiger partial charge in [0.15, 0.2) is 5.65 Å². The predicted molar refractivity (Wildman–Crippen MR) is 116 cm³/mol. The molecule has 5 rings (SSSR count). The minimum absolute atomic E-state index is 0.0422. The molecule has 32 heavy (non-hydrogen) atoms. The van der Waals surface area contributed by atoms with E-state index in [4.69, 9.17) is 10.7 Å². The van der Waals surface area contributed by atoms with Crippen molar-refractivity contribution in [3.8, 4) is 0 Å².